The zero-order valence-electron chi connectivity index (χ0n) is 12.7. The second-order valence-corrected chi connectivity index (χ2v) is 5.99. The lowest BCUT2D eigenvalue weighted by Crippen LogP contribution is -2.36. The first kappa shape index (κ1) is 15.0. The Morgan fingerprint density at radius 1 is 1.35 bits per heavy atom. The standard InChI is InChI=1S/C17H25NO2/c1-12(2)10-11-20-13(3)17(19)18-16-9-8-14-6-4-5-7-15(14)16/h4-7,12-13,16H,8-11H2,1-3H3,(H,18,19)/t13-,16-/m0/s1. The number of benzene rings is 1. The molecule has 1 aliphatic carbocycles. The number of rotatable bonds is 6. The Bertz CT molecular complexity index is 456. The summed E-state index contributed by atoms with van der Waals surface area (Å²) >= 11 is 0. The zero-order valence-corrected chi connectivity index (χ0v) is 12.7. The van der Waals surface area contributed by atoms with Gasteiger partial charge in [0.05, 0.1) is 6.04 Å². The van der Waals surface area contributed by atoms with E-state index in [2.05, 4.69) is 37.4 Å². The van der Waals surface area contributed by atoms with Gasteiger partial charge < -0.3 is 10.1 Å². The molecule has 2 rings (SSSR count). The van der Waals surface area contributed by atoms with Gasteiger partial charge in [0.1, 0.15) is 6.10 Å². The molecule has 110 valence electrons. The monoisotopic (exact) mass is 275 g/mol. The topological polar surface area (TPSA) is 38.3 Å². The lowest BCUT2D eigenvalue weighted by molar-refractivity contribution is -0.132. The minimum Gasteiger partial charge on any atom is -0.369 e. The molecule has 0 fully saturated rings. The molecular weight excluding hydrogens is 250 g/mol. The third-order valence-corrected chi connectivity index (χ3v) is 3.88. The molecule has 0 radical (unpaired) electrons. The maximum atomic E-state index is 12.1. The number of hydrogen-bond acceptors (Lipinski definition) is 2. The Morgan fingerprint density at radius 2 is 2.10 bits per heavy atom. The van der Waals surface area contributed by atoms with Gasteiger partial charge in [-0.1, -0.05) is 38.1 Å². The molecule has 20 heavy (non-hydrogen) atoms. The molecule has 3 heteroatoms. The number of fused-ring (bicyclic) bond motifs is 1. The normalized spacial score (nSPS) is 18.9. The third kappa shape index (κ3) is 3.83. The molecule has 2 atom stereocenters. The predicted octanol–water partition coefficient (Wildman–Crippen LogP) is 3.24. The van der Waals surface area contributed by atoms with E-state index in [1.54, 1.807) is 0 Å². The Morgan fingerprint density at radius 3 is 2.85 bits per heavy atom. The average Bonchev–Trinajstić information content (AvgIpc) is 2.81. The number of amides is 1. The lowest BCUT2D eigenvalue weighted by Gasteiger charge is -2.18. The summed E-state index contributed by atoms with van der Waals surface area (Å²) in [6, 6.07) is 8.49. The molecule has 1 amide bonds. The van der Waals surface area contributed by atoms with Gasteiger partial charge in [0.25, 0.3) is 0 Å². The lowest BCUT2D eigenvalue weighted by atomic mass is 10.1. The Balaban J connectivity index is 1.83. The first-order chi connectivity index (χ1) is 9.58. The van der Waals surface area contributed by atoms with Gasteiger partial charge in [-0.25, -0.2) is 0 Å². The predicted molar refractivity (Wildman–Crippen MR) is 80.5 cm³/mol. The maximum absolute atomic E-state index is 12.1. The molecule has 0 saturated heterocycles. The van der Waals surface area contributed by atoms with E-state index in [0.29, 0.717) is 12.5 Å². The van der Waals surface area contributed by atoms with Crippen LogP contribution in [-0.2, 0) is 16.0 Å². The molecular formula is C17H25NO2. The van der Waals surface area contributed by atoms with Crippen LogP contribution in [0.4, 0.5) is 0 Å². The van der Waals surface area contributed by atoms with Gasteiger partial charge in [0.15, 0.2) is 0 Å². The molecule has 0 aromatic heterocycles. The quantitative estimate of drug-likeness (QED) is 0.865. The van der Waals surface area contributed by atoms with Gasteiger partial charge in [-0.3, -0.25) is 4.79 Å². The Labute approximate surface area is 121 Å². The minimum absolute atomic E-state index is 0.00420. The van der Waals surface area contributed by atoms with E-state index in [4.69, 9.17) is 4.74 Å². The number of nitrogens with one attached hydrogen (secondary N) is 1. The van der Waals surface area contributed by atoms with Crippen molar-refractivity contribution < 1.29 is 9.53 Å². The highest BCUT2D eigenvalue weighted by Gasteiger charge is 2.25. The van der Waals surface area contributed by atoms with Gasteiger partial charge in [-0.2, -0.15) is 0 Å². The molecule has 0 spiro atoms. The fourth-order valence-electron chi connectivity index (χ4n) is 2.55. The molecule has 0 bridgehead atoms. The van der Waals surface area contributed by atoms with Crippen molar-refractivity contribution in [3.8, 4) is 0 Å². The van der Waals surface area contributed by atoms with Crippen LogP contribution in [0.3, 0.4) is 0 Å². The fraction of sp³-hybridized carbons (Fsp3) is 0.588. The first-order valence-corrected chi connectivity index (χ1v) is 7.57. The first-order valence-electron chi connectivity index (χ1n) is 7.57. The molecule has 3 nitrogen and oxygen atoms in total. The number of carbonyl (C=O) groups excluding carboxylic acids is 1. The summed E-state index contributed by atoms with van der Waals surface area (Å²) in [6.45, 7) is 6.79. The van der Waals surface area contributed by atoms with Crippen molar-refractivity contribution >= 4 is 5.91 Å². The second-order valence-electron chi connectivity index (χ2n) is 5.99. The van der Waals surface area contributed by atoms with E-state index >= 15 is 0 Å². The molecule has 1 aromatic rings. The molecule has 1 aliphatic rings. The van der Waals surface area contributed by atoms with Crippen LogP contribution in [0, 0.1) is 5.92 Å². The summed E-state index contributed by atoms with van der Waals surface area (Å²) in [5, 5.41) is 3.11. The Hall–Kier alpha value is -1.35. The molecule has 1 N–H and O–H groups in total. The molecule has 0 saturated carbocycles. The number of ether oxygens (including phenoxy) is 1. The van der Waals surface area contributed by atoms with Crippen LogP contribution in [0.1, 0.15) is 50.8 Å². The van der Waals surface area contributed by atoms with E-state index in [1.807, 2.05) is 13.0 Å². The highest BCUT2D eigenvalue weighted by Crippen LogP contribution is 2.30. The fourth-order valence-corrected chi connectivity index (χ4v) is 2.55. The number of carbonyl (C=O) groups is 1. The molecule has 1 aromatic carbocycles. The van der Waals surface area contributed by atoms with Crippen molar-refractivity contribution in [2.75, 3.05) is 6.61 Å². The van der Waals surface area contributed by atoms with Crippen molar-refractivity contribution in [3.63, 3.8) is 0 Å². The van der Waals surface area contributed by atoms with Crippen molar-refractivity contribution in [1.82, 2.24) is 5.32 Å². The van der Waals surface area contributed by atoms with Gasteiger partial charge in [0, 0.05) is 6.61 Å². The maximum Gasteiger partial charge on any atom is 0.249 e. The van der Waals surface area contributed by atoms with Crippen molar-refractivity contribution in [1.29, 1.82) is 0 Å². The molecule has 0 aliphatic heterocycles. The van der Waals surface area contributed by atoms with Crippen LogP contribution in [0.2, 0.25) is 0 Å². The summed E-state index contributed by atoms with van der Waals surface area (Å²) in [5.74, 6) is 0.599. The third-order valence-electron chi connectivity index (χ3n) is 3.88. The summed E-state index contributed by atoms with van der Waals surface area (Å²) < 4.78 is 5.60. The van der Waals surface area contributed by atoms with Gasteiger partial charge in [0.2, 0.25) is 5.91 Å². The number of hydrogen-bond donors (Lipinski definition) is 1. The highest BCUT2D eigenvalue weighted by molar-refractivity contribution is 5.81. The van der Waals surface area contributed by atoms with Crippen LogP contribution < -0.4 is 5.32 Å². The van der Waals surface area contributed by atoms with Crippen LogP contribution >= 0.6 is 0 Å². The van der Waals surface area contributed by atoms with Crippen molar-refractivity contribution in [2.45, 2.75) is 52.2 Å². The smallest absolute Gasteiger partial charge is 0.249 e. The highest BCUT2D eigenvalue weighted by atomic mass is 16.5. The summed E-state index contributed by atoms with van der Waals surface area (Å²) in [7, 11) is 0. The van der Waals surface area contributed by atoms with Gasteiger partial charge in [-0.05, 0) is 43.2 Å². The van der Waals surface area contributed by atoms with Crippen molar-refractivity contribution in [2.24, 2.45) is 5.92 Å². The Kier molecular flexibility index (Phi) is 5.18. The molecule has 0 heterocycles. The molecule has 0 unspecified atom stereocenters. The van der Waals surface area contributed by atoms with Gasteiger partial charge in [-0.15, -0.1) is 0 Å². The van der Waals surface area contributed by atoms with Crippen LogP contribution in [0.25, 0.3) is 0 Å². The second kappa shape index (κ2) is 6.89. The SMILES string of the molecule is CC(C)CCO[C@@H](C)C(=O)N[C@H]1CCc2ccccc21. The summed E-state index contributed by atoms with van der Waals surface area (Å²) in [5.41, 5.74) is 2.61. The largest absolute Gasteiger partial charge is 0.369 e. The minimum atomic E-state index is -0.374. The summed E-state index contributed by atoms with van der Waals surface area (Å²) in [6.07, 6.45) is 2.65. The van der Waals surface area contributed by atoms with E-state index in [-0.39, 0.29) is 18.1 Å². The van der Waals surface area contributed by atoms with Crippen LogP contribution in [0.5, 0.6) is 0 Å². The van der Waals surface area contributed by atoms with E-state index in [0.717, 1.165) is 19.3 Å². The van der Waals surface area contributed by atoms with Crippen molar-refractivity contribution in [3.05, 3.63) is 35.4 Å². The average molecular weight is 275 g/mol. The van der Waals surface area contributed by atoms with E-state index < -0.39 is 0 Å². The van der Waals surface area contributed by atoms with E-state index in [1.165, 1.54) is 11.1 Å². The van der Waals surface area contributed by atoms with Crippen LogP contribution in [0.15, 0.2) is 24.3 Å². The van der Waals surface area contributed by atoms with Gasteiger partial charge >= 0.3 is 0 Å². The number of aryl methyl sites for hydroxylation is 1. The zero-order chi connectivity index (χ0) is 14.5. The van der Waals surface area contributed by atoms with Crippen LogP contribution in [-0.4, -0.2) is 18.6 Å². The summed E-state index contributed by atoms with van der Waals surface area (Å²) in [4.78, 5) is 12.1. The van der Waals surface area contributed by atoms with E-state index in [9.17, 15) is 4.79 Å².